The Morgan fingerprint density at radius 3 is 2.25 bits per heavy atom. The zero-order chi connectivity index (χ0) is 11.2. The Morgan fingerprint density at radius 2 is 1.62 bits per heavy atom. The van der Waals surface area contributed by atoms with Crippen molar-refractivity contribution in [3.8, 4) is 0 Å². The molecule has 1 aliphatic carbocycles. The average molecular weight is 225 g/mol. The number of rotatable bonds is 2. The maximum absolute atomic E-state index is 11.9. The van der Waals surface area contributed by atoms with Crippen LogP contribution in [0, 0.1) is 0 Å². The van der Waals surface area contributed by atoms with Crippen molar-refractivity contribution >= 4 is 5.97 Å². The summed E-state index contributed by atoms with van der Waals surface area (Å²) in [5.74, 6) is -0.00778. The zero-order valence-electron chi connectivity index (χ0n) is 10.0. The molecule has 0 unspecified atom stereocenters. The van der Waals surface area contributed by atoms with Crippen molar-refractivity contribution in [2.45, 2.75) is 69.9 Å². The van der Waals surface area contributed by atoms with Crippen LogP contribution in [-0.4, -0.2) is 24.7 Å². The molecule has 0 spiro atoms. The van der Waals surface area contributed by atoms with Crippen LogP contribution in [0.3, 0.4) is 0 Å². The summed E-state index contributed by atoms with van der Waals surface area (Å²) >= 11 is 0. The molecule has 0 aromatic heterocycles. The molecule has 16 heavy (non-hydrogen) atoms. The second-order valence-electron chi connectivity index (χ2n) is 5.05. The van der Waals surface area contributed by atoms with Gasteiger partial charge < -0.3 is 10.1 Å². The highest BCUT2D eigenvalue weighted by Crippen LogP contribution is 2.21. The number of nitrogens with one attached hydrogen (secondary N) is 1. The Morgan fingerprint density at radius 1 is 0.938 bits per heavy atom. The lowest BCUT2D eigenvalue weighted by atomic mass is 10.1. The van der Waals surface area contributed by atoms with Crippen molar-refractivity contribution in [1.29, 1.82) is 0 Å². The van der Waals surface area contributed by atoms with Gasteiger partial charge in [-0.3, -0.25) is 4.79 Å². The Kier molecular flexibility index (Phi) is 4.64. The van der Waals surface area contributed by atoms with Gasteiger partial charge in [0, 0.05) is 0 Å². The minimum atomic E-state index is -0.0306. The first-order valence-electron chi connectivity index (χ1n) is 6.80. The van der Waals surface area contributed by atoms with Gasteiger partial charge in [0.2, 0.25) is 0 Å². The summed E-state index contributed by atoms with van der Waals surface area (Å²) < 4.78 is 5.61. The first-order chi connectivity index (χ1) is 7.86. The van der Waals surface area contributed by atoms with Gasteiger partial charge in [-0.1, -0.05) is 19.3 Å². The molecule has 0 aromatic rings. The third-order valence-electron chi connectivity index (χ3n) is 3.68. The molecule has 2 fully saturated rings. The molecule has 1 saturated heterocycles. The number of carbonyl (C=O) groups is 1. The van der Waals surface area contributed by atoms with Crippen LogP contribution < -0.4 is 5.32 Å². The summed E-state index contributed by atoms with van der Waals surface area (Å²) in [7, 11) is 0. The Labute approximate surface area is 97.9 Å². The smallest absolute Gasteiger partial charge is 0.323 e. The molecule has 0 bridgehead atoms. The molecule has 2 aliphatic rings. The monoisotopic (exact) mass is 225 g/mol. The van der Waals surface area contributed by atoms with Crippen LogP contribution in [-0.2, 0) is 9.53 Å². The van der Waals surface area contributed by atoms with Gasteiger partial charge >= 0.3 is 5.97 Å². The number of carbonyl (C=O) groups excluding carboxylic acids is 1. The van der Waals surface area contributed by atoms with Gasteiger partial charge in [0.15, 0.2) is 0 Å². The molecule has 2 rings (SSSR count). The van der Waals surface area contributed by atoms with Gasteiger partial charge in [0.1, 0.15) is 12.1 Å². The highest BCUT2D eigenvalue weighted by Gasteiger charge is 2.25. The molecule has 92 valence electrons. The molecule has 1 aliphatic heterocycles. The minimum Gasteiger partial charge on any atom is -0.461 e. The third kappa shape index (κ3) is 3.48. The van der Waals surface area contributed by atoms with E-state index in [4.69, 9.17) is 4.74 Å². The van der Waals surface area contributed by atoms with Gasteiger partial charge in [0.05, 0.1) is 0 Å². The molecule has 1 saturated carbocycles. The van der Waals surface area contributed by atoms with Crippen molar-refractivity contribution < 1.29 is 9.53 Å². The SMILES string of the molecule is O=C(OC1CCCCCC1)[C@H]1CCCCN1. The van der Waals surface area contributed by atoms with Crippen molar-refractivity contribution in [3.63, 3.8) is 0 Å². The summed E-state index contributed by atoms with van der Waals surface area (Å²) in [4.78, 5) is 11.9. The second-order valence-corrected chi connectivity index (χ2v) is 5.05. The maximum atomic E-state index is 11.9. The van der Waals surface area contributed by atoms with Crippen LogP contribution in [0.5, 0.6) is 0 Å². The number of esters is 1. The Hall–Kier alpha value is -0.570. The number of piperidine rings is 1. The van der Waals surface area contributed by atoms with E-state index >= 15 is 0 Å². The lowest BCUT2D eigenvalue weighted by Crippen LogP contribution is -2.42. The van der Waals surface area contributed by atoms with E-state index in [0.717, 1.165) is 32.2 Å². The summed E-state index contributed by atoms with van der Waals surface area (Å²) in [5.41, 5.74) is 0. The van der Waals surface area contributed by atoms with E-state index in [0.29, 0.717) is 0 Å². The molecule has 1 N–H and O–H groups in total. The maximum Gasteiger partial charge on any atom is 0.323 e. The van der Waals surface area contributed by atoms with Crippen LogP contribution in [0.15, 0.2) is 0 Å². The van der Waals surface area contributed by atoms with Crippen molar-refractivity contribution in [3.05, 3.63) is 0 Å². The molecule has 1 heterocycles. The highest BCUT2D eigenvalue weighted by molar-refractivity contribution is 5.76. The van der Waals surface area contributed by atoms with Crippen LogP contribution in [0.25, 0.3) is 0 Å². The van der Waals surface area contributed by atoms with Gasteiger partial charge in [-0.15, -0.1) is 0 Å². The predicted molar refractivity (Wildman–Crippen MR) is 63.2 cm³/mol. The summed E-state index contributed by atoms with van der Waals surface area (Å²) in [6, 6.07) is -0.0306. The van der Waals surface area contributed by atoms with Crippen LogP contribution >= 0.6 is 0 Å². The van der Waals surface area contributed by atoms with Gasteiger partial charge in [0.25, 0.3) is 0 Å². The Bertz CT molecular complexity index is 216. The lowest BCUT2D eigenvalue weighted by molar-refractivity contribution is -0.152. The molecule has 0 radical (unpaired) electrons. The normalized spacial score (nSPS) is 28.4. The number of hydrogen-bond acceptors (Lipinski definition) is 3. The third-order valence-corrected chi connectivity index (χ3v) is 3.68. The van der Waals surface area contributed by atoms with E-state index in [1.165, 1.54) is 32.1 Å². The second kappa shape index (κ2) is 6.24. The van der Waals surface area contributed by atoms with Gasteiger partial charge in [-0.2, -0.15) is 0 Å². The standard InChI is InChI=1S/C13H23NO2/c15-13(12-9-5-6-10-14-12)16-11-7-3-1-2-4-8-11/h11-12,14H,1-10H2/t12-/m1/s1. The fraction of sp³-hybridized carbons (Fsp3) is 0.923. The average Bonchev–Trinajstić information content (AvgIpc) is 2.59. The zero-order valence-corrected chi connectivity index (χ0v) is 10.0. The van der Waals surface area contributed by atoms with E-state index in [9.17, 15) is 4.79 Å². The van der Waals surface area contributed by atoms with Crippen molar-refractivity contribution in [2.24, 2.45) is 0 Å². The fourth-order valence-electron chi connectivity index (χ4n) is 2.66. The van der Waals surface area contributed by atoms with E-state index in [2.05, 4.69) is 5.32 Å². The van der Waals surface area contributed by atoms with Crippen LogP contribution in [0.2, 0.25) is 0 Å². The topological polar surface area (TPSA) is 38.3 Å². The minimum absolute atomic E-state index is 0.00778. The fourth-order valence-corrected chi connectivity index (χ4v) is 2.66. The molecule has 0 aromatic carbocycles. The van der Waals surface area contributed by atoms with E-state index < -0.39 is 0 Å². The van der Waals surface area contributed by atoms with Crippen LogP contribution in [0.1, 0.15) is 57.8 Å². The molecule has 3 nitrogen and oxygen atoms in total. The van der Waals surface area contributed by atoms with Crippen molar-refractivity contribution in [1.82, 2.24) is 5.32 Å². The van der Waals surface area contributed by atoms with E-state index in [-0.39, 0.29) is 18.1 Å². The largest absolute Gasteiger partial charge is 0.461 e. The first kappa shape index (κ1) is 11.9. The summed E-state index contributed by atoms with van der Waals surface area (Å²) in [6.07, 6.45) is 10.7. The van der Waals surface area contributed by atoms with Gasteiger partial charge in [-0.25, -0.2) is 0 Å². The Balaban J connectivity index is 1.76. The summed E-state index contributed by atoms with van der Waals surface area (Å²) in [5, 5.41) is 3.25. The van der Waals surface area contributed by atoms with E-state index in [1.807, 2.05) is 0 Å². The molecular weight excluding hydrogens is 202 g/mol. The van der Waals surface area contributed by atoms with E-state index in [1.54, 1.807) is 0 Å². The van der Waals surface area contributed by atoms with Crippen LogP contribution in [0.4, 0.5) is 0 Å². The molecule has 3 heteroatoms. The summed E-state index contributed by atoms with van der Waals surface area (Å²) in [6.45, 7) is 0.963. The molecule has 1 atom stereocenters. The predicted octanol–water partition coefficient (Wildman–Crippen LogP) is 2.39. The lowest BCUT2D eigenvalue weighted by Gasteiger charge is -2.24. The van der Waals surface area contributed by atoms with Crippen molar-refractivity contribution in [2.75, 3.05) is 6.54 Å². The van der Waals surface area contributed by atoms with Gasteiger partial charge in [-0.05, 0) is 45.1 Å². The number of ether oxygens (including phenoxy) is 1. The first-order valence-corrected chi connectivity index (χ1v) is 6.80. The number of hydrogen-bond donors (Lipinski definition) is 1. The molecular formula is C13H23NO2. The molecule has 0 amide bonds. The quantitative estimate of drug-likeness (QED) is 0.579. The highest BCUT2D eigenvalue weighted by atomic mass is 16.5.